The monoisotopic (exact) mass is 257 g/mol. The normalized spacial score (nSPS) is 14.1. The molecule has 0 fully saturated rings. The van der Waals surface area contributed by atoms with Gasteiger partial charge in [0.2, 0.25) is 5.82 Å². The summed E-state index contributed by atoms with van der Waals surface area (Å²) in [7, 11) is -0.967. The minimum absolute atomic E-state index is 0.0651. The summed E-state index contributed by atoms with van der Waals surface area (Å²) >= 11 is 0. The van der Waals surface area contributed by atoms with Crippen molar-refractivity contribution in [2.75, 3.05) is 18.1 Å². The summed E-state index contributed by atoms with van der Waals surface area (Å²) in [6.07, 6.45) is 1.60. The van der Waals surface area contributed by atoms with Gasteiger partial charge in [-0.15, -0.1) is 0 Å². The molecule has 1 N–H and O–H groups in total. The Bertz CT molecular complexity index is 450. The molecule has 94 valence electrons. The van der Waals surface area contributed by atoms with Gasteiger partial charge in [-0.3, -0.25) is 14.3 Å². The number of aryl methyl sites for hydroxylation is 1. The van der Waals surface area contributed by atoms with Crippen LogP contribution in [-0.4, -0.2) is 32.2 Å². The van der Waals surface area contributed by atoms with Crippen LogP contribution in [0.15, 0.2) is 12.1 Å². The maximum absolute atomic E-state index is 11.2. The zero-order valence-corrected chi connectivity index (χ0v) is 10.8. The van der Waals surface area contributed by atoms with E-state index in [-0.39, 0.29) is 16.8 Å². The largest absolute Gasteiger partial charge is 0.363 e. The van der Waals surface area contributed by atoms with E-state index in [2.05, 4.69) is 10.3 Å². The number of hydrogen-bond donors (Lipinski definition) is 1. The van der Waals surface area contributed by atoms with Crippen LogP contribution in [0.25, 0.3) is 0 Å². The number of nitrogens with zero attached hydrogens (tertiary/aromatic N) is 2. The molecule has 0 radical (unpaired) electrons. The molecule has 0 bridgehead atoms. The van der Waals surface area contributed by atoms with E-state index >= 15 is 0 Å². The Morgan fingerprint density at radius 1 is 1.59 bits per heavy atom. The molecule has 1 aromatic rings. The fourth-order valence-corrected chi connectivity index (χ4v) is 1.50. The highest BCUT2D eigenvalue weighted by atomic mass is 32.2. The number of anilines is 1. The summed E-state index contributed by atoms with van der Waals surface area (Å²) in [6, 6.07) is 3.00. The lowest BCUT2D eigenvalue weighted by Crippen LogP contribution is -2.21. The number of nitrogens with one attached hydrogen (secondary N) is 1. The van der Waals surface area contributed by atoms with Crippen molar-refractivity contribution >= 4 is 22.3 Å². The lowest BCUT2D eigenvalue weighted by atomic mass is 10.3. The quantitative estimate of drug-likeness (QED) is 0.638. The smallest absolute Gasteiger partial charge is 0.311 e. The molecule has 1 aromatic heterocycles. The number of aromatic nitrogens is 1. The molecule has 0 aliphatic carbocycles. The van der Waals surface area contributed by atoms with Crippen LogP contribution in [-0.2, 0) is 10.8 Å². The van der Waals surface area contributed by atoms with Crippen LogP contribution in [0.3, 0.4) is 0 Å². The maximum atomic E-state index is 11.2. The van der Waals surface area contributed by atoms with Gasteiger partial charge in [-0.1, -0.05) is 0 Å². The first kappa shape index (κ1) is 13.6. The second-order valence-electron chi connectivity index (χ2n) is 3.77. The minimum Gasteiger partial charge on any atom is -0.363 e. The van der Waals surface area contributed by atoms with Gasteiger partial charge in [-0.25, -0.2) is 4.98 Å². The molecule has 1 heterocycles. The van der Waals surface area contributed by atoms with Crippen LogP contribution >= 0.6 is 0 Å². The molecule has 0 saturated heterocycles. The van der Waals surface area contributed by atoms with E-state index in [1.54, 1.807) is 19.2 Å². The van der Waals surface area contributed by atoms with Crippen LogP contribution in [0.2, 0.25) is 0 Å². The SMILES string of the molecule is Cc1ccc([N+](=O)[O-])c(NCC(C)S(C)=O)n1. The Kier molecular flexibility index (Phi) is 4.56. The van der Waals surface area contributed by atoms with E-state index in [9.17, 15) is 14.3 Å². The van der Waals surface area contributed by atoms with Crippen LogP contribution in [0.5, 0.6) is 0 Å². The first-order valence-electron chi connectivity index (χ1n) is 5.10. The molecular formula is C10H15N3O3S. The highest BCUT2D eigenvalue weighted by molar-refractivity contribution is 7.84. The Morgan fingerprint density at radius 3 is 2.76 bits per heavy atom. The summed E-state index contributed by atoms with van der Waals surface area (Å²) in [5, 5.41) is 13.6. The summed E-state index contributed by atoms with van der Waals surface area (Å²) in [4.78, 5) is 14.4. The third kappa shape index (κ3) is 3.77. The second kappa shape index (κ2) is 5.72. The molecule has 0 spiro atoms. The molecule has 0 saturated carbocycles. The van der Waals surface area contributed by atoms with E-state index in [1.807, 2.05) is 6.92 Å². The predicted molar refractivity (Wildman–Crippen MR) is 67.6 cm³/mol. The van der Waals surface area contributed by atoms with E-state index in [4.69, 9.17) is 0 Å². The van der Waals surface area contributed by atoms with Crippen LogP contribution in [0.1, 0.15) is 12.6 Å². The van der Waals surface area contributed by atoms with Crippen molar-refractivity contribution in [1.82, 2.24) is 4.98 Å². The molecule has 0 aliphatic heterocycles. The molecule has 17 heavy (non-hydrogen) atoms. The first-order valence-corrected chi connectivity index (χ1v) is 6.72. The van der Waals surface area contributed by atoms with E-state index in [1.165, 1.54) is 6.07 Å². The maximum Gasteiger partial charge on any atom is 0.311 e. The first-order chi connectivity index (χ1) is 7.91. The fraction of sp³-hybridized carbons (Fsp3) is 0.500. The summed E-state index contributed by atoms with van der Waals surface area (Å²) in [6.45, 7) is 3.96. The molecule has 6 nitrogen and oxygen atoms in total. The zero-order chi connectivity index (χ0) is 13.0. The minimum atomic E-state index is -0.967. The van der Waals surface area contributed by atoms with Crippen LogP contribution < -0.4 is 5.32 Å². The van der Waals surface area contributed by atoms with Gasteiger partial charge in [0.25, 0.3) is 0 Å². The molecule has 2 unspecified atom stereocenters. The van der Waals surface area contributed by atoms with Crippen molar-refractivity contribution in [1.29, 1.82) is 0 Å². The van der Waals surface area contributed by atoms with Crippen LogP contribution in [0, 0.1) is 17.0 Å². The van der Waals surface area contributed by atoms with Gasteiger partial charge in [0, 0.05) is 40.6 Å². The lowest BCUT2D eigenvalue weighted by Gasteiger charge is -2.10. The summed E-state index contributed by atoms with van der Waals surface area (Å²) < 4.78 is 11.2. The Labute approximate surface area is 102 Å². The van der Waals surface area contributed by atoms with Gasteiger partial charge in [-0.2, -0.15) is 0 Å². The highest BCUT2D eigenvalue weighted by Gasteiger charge is 2.16. The van der Waals surface area contributed by atoms with Gasteiger partial charge in [-0.05, 0) is 19.9 Å². The van der Waals surface area contributed by atoms with Crippen molar-refractivity contribution < 1.29 is 9.13 Å². The standard InChI is InChI=1S/C10H15N3O3S/c1-7-4-5-9(13(14)15)10(12-7)11-6-8(2)17(3)16/h4-5,8H,6H2,1-3H3,(H,11,12). The zero-order valence-electron chi connectivity index (χ0n) is 9.97. The van der Waals surface area contributed by atoms with E-state index < -0.39 is 15.7 Å². The molecule has 0 aromatic carbocycles. The highest BCUT2D eigenvalue weighted by Crippen LogP contribution is 2.21. The van der Waals surface area contributed by atoms with Crippen LogP contribution in [0.4, 0.5) is 11.5 Å². The van der Waals surface area contributed by atoms with Crippen molar-refractivity contribution in [3.63, 3.8) is 0 Å². The van der Waals surface area contributed by atoms with Crippen molar-refractivity contribution in [2.24, 2.45) is 0 Å². The summed E-state index contributed by atoms with van der Waals surface area (Å²) in [5.74, 6) is 0.229. The average molecular weight is 257 g/mol. The van der Waals surface area contributed by atoms with Gasteiger partial charge in [0.05, 0.1) is 4.92 Å². The molecular weight excluding hydrogens is 242 g/mol. The topological polar surface area (TPSA) is 85.1 Å². The predicted octanol–water partition coefficient (Wildman–Crippen LogP) is 1.48. The van der Waals surface area contributed by atoms with Gasteiger partial charge < -0.3 is 5.32 Å². The molecule has 1 rings (SSSR count). The van der Waals surface area contributed by atoms with Crippen molar-refractivity contribution in [2.45, 2.75) is 19.1 Å². The van der Waals surface area contributed by atoms with E-state index in [0.29, 0.717) is 12.2 Å². The third-order valence-electron chi connectivity index (χ3n) is 2.33. The van der Waals surface area contributed by atoms with E-state index in [0.717, 1.165) is 0 Å². The fourth-order valence-electron chi connectivity index (χ4n) is 1.18. The number of hydrogen-bond acceptors (Lipinski definition) is 5. The third-order valence-corrected chi connectivity index (χ3v) is 3.63. The van der Waals surface area contributed by atoms with Gasteiger partial charge >= 0.3 is 5.69 Å². The van der Waals surface area contributed by atoms with Gasteiger partial charge in [0.1, 0.15) is 0 Å². The number of nitro groups is 1. The Morgan fingerprint density at radius 2 is 2.24 bits per heavy atom. The average Bonchev–Trinajstić information content (AvgIpc) is 2.25. The van der Waals surface area contributed by atoms with Crippen molar-refractivity contribution in [3.05, 3.63) is 27.9 Å². The number of rotatable bonds is 5. The summed E-state index contributed by atoms with van der Waals surface area (Å²) in [5.41, 5.74) is 0.632. The second-order valence-corrected chi connectivity index (χ2v) is 5.57. The Balaban J connectivity index is 2.85. The molecule has 7 heteroatoms. The lowest BCUT2D eigenvalue weighted by molar-refractivity contribution is -0.384. The Hall–Kier alpha value is -1.50. The molecule has 0 amide bonds. The molecule has 0 aliphatic rings. The van der Waals surface area contributed by atoms with Gasteiger partial charge in [0.15, 0.2) is 0 Å². The number of pyridine rings is 1. The molecule has 2 atom stereocenters. The van der Waals surface area contributed by atoms with Crippen molar-refractivity contribution in [3.8, 4) is 0 Å².